The molecule has 1 aromatic heterocycles. The lowest BCUT2D eigenvalue weighted by molar-refractivity contribution is -0.117. The Balaban J connectivity index is 1.87. The van der Waals surface area contributed by atoms with Crippen LogP contribution in [0.4, 0.5) is 17.3 Å². The van der Waals surface area contributed by atoms with Crippen molar-refractivity contribution in [3.8, 4) is 0 Å². The van der Waals surface area contributed by atoms with Crippen LogP contribution in [0, 0.1) is 5.92 Å². The highest BCUT2D eigenvalue weighted by Crippen LogP contribution is 2.34. The number of morpholine rings is 1. The van der Waals surface area contributed by atoms with Gasteiger partial charge in [0.05, 0.1) is 12.2 Å². The standard InChI is InChI=1S/C16H25N5O2/c1-9(2)5-12-16(22)20-13-14(19-12)17-8-18-15(13)21-6-10(3)23-11(4)7-21/h8-12H,5-7H2,1-4H3,(H,20,22)(H,17,18,19). The third kappa shape index (κ3) is 3.39. The molecule has 3 atom stereocenters. The Kier molecular flexibility index (Phi) is 4.39. The van der Waals surface area contributed by atoms with Crippen LogP contribution in [0.5, 0.6) is 0 Å². The highest BCUT2D eigenvalue weighted by atomic mass is 16.5. The Morgan fingerprint density at radius 2 is 2.00 bits per heavy atom. The molecule has 1 amide bonds. The Morgan fingerprint density at radius 1 is 1.30 bits per heavy atom. The molecule has 7 nitrogen and oxygen atoms in total. The molecule has 1 fully saturated rings. The SMILES string of the molecule is CC(C)CC1Nc2ncnc(N3CC(C)OC(C)C3)c2NC1=O. The fraction of sp³-hybridized carbons (Fsp3) is 0.688. The summed E-state index contributed by atoms with van der Waals surface area (Å²) in [7, 11) is 0. The van der Waals surface area contributed by atoms with Gasteiger partial charge in [0.15, 0.2) is 11.6 Å². The van der Waals surface area contributed by atoms with Crippen molar-refractivity contribution in [1.82, 2.24) is 9.97 Å². The zero-order valence-electron chi connectivity index (χ0n) is 14.2. The number of amides is 1. The van der Waals surface area contributed by atoms with Gasteiger partial charge >= 0.3 is 0 Å². The summed E-state index contributed by atoms with van der Waals surface area (Å²) in [6, 6.07) is -0.243. The molecule has 23 heavy (non-hydrogen) atoms. The first-order chi connectivity index (χ1) is 10.9. The van der Waals surface area contributed by atoms with E-state index < -0.39 is 0 Å². The van der Waals surface area contributed by atoms with E-state index in [9.17, 15) is 4.79 Å². The molecule has 0 radical (unpaired) electrons. The predicted molar refractivity (Wildman–Crippen MR) is 89.7 cm³/mol. The van der Waals surface area contributed by atoms with Gasteiger partial charge in [-0.3, -0.25) is 4.79 Å². The zero-order valence-corrected chi connectivity index (χ0v) is 14.2. The van der Waals surface area contributed by atoms with E-state index in [1.54, 1.807) is 6.33 Å². The van der Waals surface area contributed by atoms with Crippen molar-refractivity contribution in [2.45, 2.75) is 52.4 Å². The molecule has 2 N–H and O–H groups in total. The molecular weight excluding hydrogens is 294 g/mol. The number of hydrogen-bond donors (Lipinski definition) is 2. The average molecular weight is 319 g/mol. The van der Waals surface area contributed by atoms with Gasteiger partial charge in [-0.2, -0.15) is 0 Å². The van der Waals surface area contributed by atoms with Gasteiger partial charge in [0.25, 0.3) is 0 Å². The smallest absolute Gasteiger partial charge is 0.247 e. The quantitative estimate of drug-likeness (QED) is 0.885. The van der Waals surface area contributed by atoms with Crippen molar-refractivity contribution >= 4 is 23.2 Å². The first-order valence-electron chi connectivity index (χ1n) is 8.26. The van der Waals surface area contributed by atoms with Crippen molar-refractivity contribution in [1.29, 1.82) is 0 Å². The van der Waals surface area contributed by atoms with Crippen molar-refractivity contribution in [3.63, 3.8) is 0 Å². The number of anilines is 3. The number of nitrogens with one attached hydrogen (secondary N) is 2. The maximum absolute atomic E-state index is 12.4. The van der Waals surface area contributed by atoms with Crippen LogP contribution in [0.1, 0.15) is 34.1 Å². The molecule has 1 aromatic rings. The number of ether oxygens (including phenoxy) is 1. The van der Waals surface area contributed by atoms with Gasteiger partial charge in [-0.1, -0.05) is 13.8 Å². The Bertz CT molecular complexity index is 582. The lowest BCUT2D eigenvalue weighted by atomic mass is 10.0. The number of rotatable bonds is 3. The molecule has 0 spiro atoms. The normalized spacial score (nSPS) is 27.4. The molecular formula is C16H25N5O2. The maximum Gasteiger partial charge on any atom is 0.247 e. The zero-order chi connectivity index (χ0) is 16.6. The molecule has 0 aliphatic carbocycles. The van der Waals surface area contributed by atoms with Gasteiger partial charge < -0.3 is 20.3 Å². The van der Waals surface area contributed by atoms with E-state index in [0.717, 1.165) is 25.3 Å². The summed E-state index contributed by atoms with van der Waals surface area (Å²) in [5, 5.41) is 6.26. The fourth-order valence-electron chi connectivity index (χ4n) is 3.27. The highest BCUT2D eigenvalue weighted by Gasteiger charge is 2.32. The molecule has 7 heteroatoms. The lowest BCUT2D eigenvalue weighted by Gasteiger charge is -2.38. The molecule has 0 aromatic carbocycles. The molecule has 2 aliphatic rings. The molecule has 0 saturated carbocycles. The van der Waals surface area contributed by atoms with Gasteiger partial charge in [0.2, 0.25) is 5.91 Å². The Labute approximate surface area is 136 Å². The van der Waals surface area contributed by atoms with Crippen LogP contribution in [-0.4, -0.2) is 47.2 Å². The number of carbonyl (C=O) groups is 1. The number of carbonyl (C=O) groups excluding carboxylic acids is 1. The van der Waals surface area contributed by atoms with Crippen LogP contribution in [-0.2, 0) is 9.53 Å². The van der Waals surface area contributed by atoms with E-state index in [-0.39, 0.29) is 24.2 Å². The number of hydrogen-bond acceptors (Lipinski definition) is 6. The number of fused-ring (bicyclic) bond motifs is 1. The van der Waals surface area contributed by atoms with E-state index in [1.807, 2.05) is 13.8 Å². The van der Waals surface area contributed by atoms with Crippen molar-refractivity contribution in [2.24, 2.45) is 5.92 Å². The van der Waals surface area contributed by atoms with Gasteiger partial charge in [-0.15, -0.1) is 0 Å². The van der Waals surface area contributed by atoms with E-state index in [4.69, 9.17) is 4.74 Å². The van der Waals surface area contributed by atoms with Gasteiger partial charge in [0, 0.05) is 13.1 Å². The summed E-state index contributed by atoms with van der Waals surface area (Å²) >= 11 is 0. The van der Waals surface area contributed by atoms with Crippen LogP contribution >= 0.6 is 0 Å². The summed E-state index contributed by atoms with van der Waals surface area (Å²) in [4.78, 5) is 23.3. The summed E-state index contributed by atoms with van der Waals surface area (Å²) in [5.74, 6) is 1.88. The molecule has 2 aliphatic heterocycles. The molecule has 3 heterocycles. The van der Waals surface area contributed by atoms with Crippen molar-refractivity contribution < 1.29 is 9.53 Å². The minimum absolute atomic E-state index is 0.0170. The Hall–Kier alpha value is -1.89. The Morgan fingerprint density at radius 3 is 2.65 bits per heavy atom. The summed E-state index contributed by atoms with van der Waals surface area (Å²) in [6.45, 7) is 9.80. The third-order valence-electron chi connectivity index (χ3n) is 4.13. The molecule has 126 valence electrons. The van der Waals surface area contributed by atoms with Crippen molar-refractivity contribution in [3.05, 3.63) is 6.33 Å². The van der Waals surface area contributed by atoms with E-state index in [2.05, 4.69) is 39.3 Å². The third-order valence-corrected chi connectivity index (χ3v) is 4.13. The van der Waals surface area contributed by atoms with Crippen LogP contribution in [0.15, 0.2) is 6.33 Å². The van der Waals surface area contributed by atoms with Gasteiger partial charge in [-0.05, 0) is 26.2 Å². The second kappa shape index (κ2) is 6.31. The van der Waals surface area contributed by atoms with E-state index in [1.165, 1.54) is 0 Å². The lowest BCUT2D eigenvalue weighted by Crippen LogP contribution is -2.47. The van der Waals surface area contributed by atoms with Gasteiger partial charge in [-0.25, -0.2) is 9.97 Å². The number of nitrogens with zero attached hydrogens (tertiary/aromatic N) is 3. The summed E-state index contributed by atoms with van der Waals surface area (Å²) in [6.07, 6.45) is 2.59. The van der Waals surface area contributed by atoms with E-state index >= 15 is 0 Å². The first-order valence-corrected chi connectivity index (χ1v) is 8.26. The largest absolute Gasteiger partial charge is 0.372 e. The number of aromatic nitrogens is 2. The summed E-state index contributed by atoms with van der Waals surface area (Å²) < 4.78 is 5.78. The van der Waals surface area contributed by atoms with Crippen LogP contribution < -0.4 is 15.5 Å². The molecule has 0 bridgehead atoms. The monoisotopic (exact) mass is 319 g/mol. The van der Waals surface area contributed by atoms with Crippen LogP contribution in [0.3, 0.4) is 0 Å². The second-order valence-electron chi connectivity index (χ2n) is 6.90. The minimum atomic E-state index is -0.243. The molecule has 3 rings (SSSR count). The van der Waals surface area contributed by atoms with E-state index in [0.29, 0.717) is 17.4 Å². The predicted octanol–water partition coefficient (Wildman–Crippen LogP) is 1.87. The first kappa shape index (κ1) is 16.0. The van der Waals surface area contributed by atoms with Crippen LogP contribution in [0.25, 0.3) is 0 Å². The topological polar surface area (TPSA) is 79.4 Å². The van der Waals surface area contributed by atoms with Crippen molar-refractivity contribution in [2.75, 3.05) is 28.6 Å². The van der Waals surface area contributed by atoms with Crippen LogP contribution in [0.2, 0.25) is 0 Å². The fourth-order valence-corrected chi connectivity index (χ4v) is 3.27. The minimum Gasteiger partial charge on any atom is -0.372 e. The maximum atomic E-state index is 12.4. The van der Waals surface area contributed by atoms with Gasteiger partial charge in [0.1, 0.15) is 18.1 Å². The highest BCUT2D eigenvalue weighted by molar-refractivity contribution is 6.05. The second-order valence-corrected chi connectivity index (χ2v) is 6.90. The molecule has 1 saturated heterocycles. The molecule has 3 unspecified atom stereocenters. The summed E-state index contributed by atoms with van der Waals surface area (Å²) in [5.41, 5.74) is 0.679. The average Bonchev–Trinajstić information content (AvgIpc) is 2.46.